The summed E-state index contributed by atoms with van der Waals surface area (Å²) in [5.74, 6) is -0.725. The molecule has 0 rings (SSSR count). The summed E-state index contributed by atoms with van der Waals surface area (Å²) in [6, 6.07) is 0. The molecule has 0 fully saturated rings. The molecule has 0 unspecified atom stereocenters. The van der Waals surface area contributed by atoms with Crippen molar-refractivity contribution >= 4 is 5.78 Å². The molecule has 0 aromatic rings. The third-order valence-corrected chi connectivity index (χ3v) is 3.61. The first-order valence-electron chi connectivity index (χ1n) is 8.94. The zero-order valence-electron chi connectivity index (χ0n) is 16.9. The maximum Gasteiger partial charge on any atom is 0.160 e. The van der Waals surface area contributed by atoms with Gasteiger partial charge in [0.05, 0.1) is 33.0 Å². The molecule has 0 amide bonds. The molecule has 15 heteroatoms. The molecule has 8 atom stereocenters. The number of aliphatic hydroxyl groups is 14. The zero-order chi connectivity index (χ0) is 25.3. The predicted molar refractivity (Wildman–Crippen MR) is 100 cm³/mol. The molecule has 0 saturated heterocycles. The van der Waals surface area contributed by atoms with E-state index in [2.05, 4.69) is 0 Å². The lowest BCUT2D eigenvalue weighted by atomic mass is 10.0. The monoisotopic (exact) mass is 468 g/mol. The van der Waals surface area contributed by atoms with Crippen LogP contribution < -0.4 is 0 Å². The van der Waals surface area contributed by atoms with Gasteiger partial charge in [0.15, 0.2) is 5.78 Å². The van der Waals surface area contributed by atoms with Crippen LogP contribution in [-0.2, 0) is 4.79 Å². The highest BCUT2D eigenvalue weighted by molar-refractivity contribution is 5.80. The molecule has 0 bridgehead atoms. The van der Waals surface area contributed by atoms with Crippen molar-refractivity contribution < 1.29 is 76.3 Å². The third-order valence-electron chi connectivity index (χ3n) is 3.61. The molecule has 14 N–H and O–H groups in total. The van der Waals surface area contributed by atoms with Crippen molar-refractivity contribution in [3.05, 3.63) is 0 Å². The summed E-state index contributed by atoms with van der Waals surface area (Å²) in [5.41, 5.74) is 0. The summed E-state index contributed by atoms with van der Waals surface area (Å²) in [7, 11) is 0. The number of rotatable bonds is 12. The quantitative estimate of drug-likeness (QED) is 0.126. The van der Waals surface area contributed by atoms with E-state index in [-0.39, 0.29) is 13.2 Å². The molecule has 190 valence electrons. The fourth-order valence-corrected chi connectivity index (χ4v) is 1.49. The molecule has 0 heterocycles. The standard InChI is InChI=1S/C7H14O6.C6H14O6.C3H8O3/c1-3(9)5(11)7(13)6(12)4(10)2-8;7-1-3(9)5(11)6(12)4(10)2-8;4-1-3(6)2-5/h4-8,10-13H,2H2,1H3;3-12H,1-2H2;3-6H,1-2H2/t4-,5+,6-,7-;3-,4+,5-,6-;/m00./s1. The second-order valence-electron chi connectivity index (χ2n) is 6.29. The third kappa shape index (κ3) is 15.5. The van der Waals surface area contributed by atoms with E-state index >= 15 is 0 Å². The van der Waals surface area contributed by atoms with Gasteiger partial charge in [0.2, 0.25) is 0 Å². The van der Waals surface area contributed by atoms with Crippen LogP contribution in [0.4, 0.5) is 0 Å². The Balaban J connectivity index is -0.000000405. The van der Waals surface area contributed by atoms with E-state index in [0.29, 0.717) is 0 Å². The first-order valence-corrected chi connectivity index (χ1v) is 8.94. The first-order chi connectivity index (χ1) is 14.3. The van der Waals surface area contributed by atoms with Gasteiger partial charge in [-0.3, -0.25) is 4.79 Å². The number of hydrogen-bond donors (Lipinski definition) is 14. The van der Waals surface area contributed by atoms with Crippen molar-refractivity contribution in [1.29, 1.82) is 0 Å². The molecule has 0 aliphatic carbocycles. The molecule has 15 nitrogen and oxygen atoms in total. The molecule has 0 saturated carbocycles. The average Bonchev–Trinajstić information content (AvgIpc) is 2.79. The minimum Gasteiger partial charge on any atom is -0.394 e. The molecule has 0 aliphatic rings. The van der Waals surface area contributed by atoms with Gasteiger partial charge in [0.1, 0.15) is 54.9 Å². The van der Waals surface area contributed by atoms with Gasteiger partial charge in [-0.15, -0.1) is 0 Å². The van der Waals surface area contributed by atoms with Crippen molar-refractivity contribution in [2.45, 2.75) is 61.9 Å². The van der Waals surface area contributed by atoms with Crippen molar-refractivity contribution in [2.24, 2.45) is 0 Å². The Kier molecular flexibility index (Phi) is 22.1. The number of carbonyl (C=O) groups excluding carboxylic acids is 1. The van der Waals surface area contributed by atoms with Crippen LogP contribution in [0.2, 0.25) is 0 Å². The highest BCUT2D eigenvalue weighted by Gasteiger charge is 2.32. The maximum absolute atomic E-state index is 10.5. The number of carbonyl (C=O) groups is 1. The van der Waals surface area contributed by atoms with Crippen molar-refractivity contribution in [3.63, 3.8) is 0 Å². The van der Waals surface area contributed by atoms with Gasteiger partial charge in [0, 0.05) is 0 Å². The SMILES string of the molecule is CC(=O)[C@@H](O)[C@H](O)[C@@H](O)[C@@H](O)CO.OCC(O)CO.OC[C@@H](O)[C@H](O)[C@@H](O)[C@@H](O)CO. The van der Waals surface area contributed by atoms with Gasteiger partial charge >= 0.3 is 0 Å². The van der Waals surface area contributed by atoms with Gasteiger partial charge in [-0.05, 0) is 6.92 Å². The Hall–Kier alpha value is -0.890. The van der Waals surface area contributed by atoms with E-state index in [9.17, 15) is 4.79 Å². The van der Waals surface area contributed by atoms with Crippen molar-refractivity contribution in [1.82, 2.24) is 0 Å². The van der Waals surface area contributed by atoms with E-state index in [1.54, 1.807) is 0 Å². The fourth-order valence-electron chi connectivity index (χ4n) is 1.49. The van der Waals surface area contributed by atoms with Gasteiger partial charge in [0.25, 0.3) is 0 Å². The summed E-state index contributed by atoms with van der Waals surface area (Å²) in [6.45, 7) is -1.91. The lowest BCUT2D eigenvalue weighted by molar-refractivity contribution is -0.145. The molecule has 0 aromatic carbocycles. The molecule has 0 radical (unpaired) electrons. The summed E-state index contributed by atoms with van der Waals surface area (Å²) in [5, 5.41) is 120. The Morgan fingerprint density at radius 1 is 0.516 bits per heavy atom. The highest BCUT2D eigenvalue weighted by Crippen LogP contribution is 2.05. The number of Topliss-reactive ketones (excluding diaryl/α,β-unsaturated/α-hetero) is 1. The fraction of sp³-hybridized carbons (Fsp3) is 0.938. The van der Waals surface area contributed by atoms with Crippen LogP contribution in [0.25, 0.3) is 0 Å². The summed E-state index contributed by atoms with van der Waals surface area (Å²) >= 11 is 0. The molecular weight excluding hydrogens is 432 g/mol. The second-order valence-corrected chi connectivity index (χ2v) is 6.29. The van der Waals surface area contributed by atoms with E-state index in [1.807, 2.05) is 0 Å². The van der Waals surface area contributed by atoms with Crippen LogP contribution in [-0.4, -0.2) is 165 Å². The van der Waals surface area contributed by atoms with Crippen LogP contribution >= 0.6 is 0 Å². The topological polar surface area (TPSA) is 300 Å². The Morgan fingerprint density at radius 3 is 0.935 bits per heavy atom. The van der Waals surface area contributed by atoms with Gasteiger partial charge in [-0.1, -0.05) is 0 Å². The summed E-state index contributed by atoms with van der Waals surface area (Å²) in [6.07, 6.45) is -14.2. The van der Waals surface area contributed by atoms with Crippen LogP contribution in [0.3, 0.4) is 0 Å². The van der Waals surface area contributed by atoms with E-state index in [1.165, 1.54) is 0 Å². The van der Waals surface area contributed by atoms with Crippen LogP contribution in [0.15, 0.2) is 0 Å². The Morgan fingerprint density at radius 2 is 0.774 bits per heavy atom. The molecule has 0 aliphatic heterocycles. The van der Waals surface area contributed by atoms with Crippen molar-refractivity contribution in [2.75, 3.05) is 33.0 Å². The Bertz CT molecular complexity index is 408. The summed E-state index contributed by atoms with van der Waals surface area (Å²) < 4.78 is 0. The van der Waals surface area contributed by atoms with E-state index < -0.39 is 80.5 Å². The zero-order valence-corrected chi connectivity index (χ0v) is 16.9. The maximum atomic E-state index is 10.5. The van der Waals surface area contributed by atoms with Crippen LogP contribution in [0, 0.1) is 0 Å². The van der Waals surface area contributed by atoms with Crippen LogP contribution in [0.5, 0.6) is 0 Å². The average molecular weight is 468 g/mol. The number of ketones is 1. The number of hydrogen-bond acceptors (Lipinski definition) is 15. The predicted octanol–water partition coefficient (Wildman–Crippen LogP) is -8.24. The van der Waals surface area contributed by atoms with Crippen LogP contribution in [0.1, 0.15) is 6.92 Å². The minimum atomic E-state index is -1.79. The Labute approximate surface area is 178 Å². The van der Waals surface area contributed by atoms with Gasteiger partial charge < -0.3 is 71.5 Å². The lowest BCUT2D eigenvalue weighted by Gasteiger charge is -2.24. The molecule has 0 spiro atoms. The molecular formula is C16H36O15. The molecule has 31 heavy (non-hydrogen) atoms. The smallest absolute Gasteiger partial charge is 0.160 e. The second kappa shape index (κ2) is 19.8. The first kappa shape index (κ1) is 34.7. The largest absolute Gasteiger partial charge is 0.394 e. The van der Waals surface area contributed by atoms with Gasteiger partial charge in [-0.2, -0.15) is 0 Å². The minimum absolute atomic E-state index is 0.365. The van der Waals surface area contributed by atoms with Gasteiger partial charge in [-0.25, -0.2) is 0 Å². The lowest BCUT2D eigenvalue weighted by Crippen LogP contribution is -2.48. The van der Waals surface area contributed by atoms with E-state index in [4.69, 9.17) is 71.5 Å². The molecule has 0 aromatic heterocycles. The normalized spacial score (nSPS) is 18.8. The van der Waals surface area contributed by atoms with E-state index in [0.717, 1.165) is 6.92 Å². The van der Waals surface area contributed by atoms with Crippen molar-refractivity contribution in [3.8, 4) is 0 Å². The highest BCUT2D eigenvalue weighted by atomic mass is 16.4. The summed E-state index contributed by atoms with van der Waals surface area (Å²) in [4.78, 5) is 10.5. The number of aliphatic hydroxyl groups excluding tert-OH is 14.